The van der Waals surface area contributed by atoms with E-state index in [0.29, 0.717) is 10.7 Å². The summed E-state index contributed by atoms with van der Waals surface area (Å²) >= 11 is 11.1. The van der Waals surface area contributed by atoms with Gasteiger partial charge < -0.3 is 11.5 Å². The molecule has 0 radical (unpaired) electrons. The summed E-state index contributed by atoms with van der Waals surface area (Å²) in [6.07, 6.45) is 0. The number of benzene rings is 3. The largest absolute Gasteiger partial charge is 0.399 e. The van der Waals surface area contributed by atoms with Crippen LogP contribution in [0.25, 0.3) is 0 Å². The van der Waals surface area contributed by atoms with Gasteiger partial charge in [0.1, 0.15) is 5.02 Å². The topological polar surface area (TPSA) is 95.2 Å². The van der Waals surface area contributed by atoms with E-state index in [1.807, 2.05) is 42.5 Å². The van der Waals surface area contributed by atoms with E-state index in [1.165, 1.54) is 12.1 Å². The number of nitro groups is 1. The second kappa shape index (κ2) is 10.9. The first-order valence-corrected chi connectivity index (χ1v) is 7.87. The monoisotopic (exact) mass is 377 g/mol. The number of nitrogens with zero attached hydrogens (tertiary/aromatic N) is 1. The molecule has 0 amide bonds. The Morgan fingerprint density at radius 3 is 1.52 bits per heavy atom. The van der Waals surface area contributed by atoms with E-state index in [9.17, 15) is 10.1 Å². The number of nitrogen functional groups attached to an aromatic ring is 2. The van der Waals surface area contributed by atoms with Crippen LogP contribution in [-0.2, 0) is 0 Å². The van der Waals surface area contributed by atoms with E-state index in [-0.39, 0.29) is 10.7 Å². The normalized spacial score (nSPS) is 9.04. The maximum absolute atomic E-state index is 10.1. The molecule has 0 bridgehead atoms. The quantitative estimate of drug-likeness (QED) is 0.335. The van der Waals surface area contributed by atoms with Gasteiger partial charge in [-0.25, -0.2) is 0 Å². The molecule has 3 aromatic rings. The summed E-state index contributed by atoms with van der Waals surface area (Å²) in [4.78, 5) is 9.63. The van der Waals surface area contributed by atoms with E-state index in [0.717, 1.165) is 5.69 Å². The van der Waals surface area contributed by atoms with Gasteiger partial charge in [0.2, 0.25) is 0 Å². The Balaban J connectivity index is 0.000000191. The SMILES string of the molecule is Nc1ccccc1.Nc1ccccc1Cl.O=[N+]([O-])c1ccccc1Cl. The molecule has 4 N–H and O–H groups in total. The highest BCUT2D eigenvalue weighted by molar-refractivity contribution is 6.33. The number of nitrogens with two attached hydrogens (primary N) is 2. The first kappa shape index (κ1) is 20.3. The minimum absolute atomic E-state index is 0.0517. The van der Waals surface area contributed by atoms with Crippen molar-refractivity contribution in [3.63, 3.8) is 0 Å². The molecule has 0 spiro atoms. The number of nitro benzene ring substituents is 1. The number of anilines is 2. The summed E-state index contributed by atoms with van der Waals surface area (Å²) in [5, 5.41) is 10.9. The molecule has 3 aromatic carbocycles. The van der Waals surface area contributed by atoms with Gasteiger partial charge in [-0.05, 0) is 30.3 Å². The second-order valence-corrected chi connectivity index (χ2v) is 5.46. The average molecular weight is 378 g/mol. The predicted octanol–water partition coefficient (Wildman–Crippen LogP) is 5.44. The number of para-hydroxylation sites is 3. The Morgan fingerprint density at radius 2 is 1.20 bits per heavy atom. The molecule has 0 saturated heterocycles. The van der Waals surface area contributed by atoms with Crippen LogP contribution in [0.3, 0.4) is 0 Å². The second-order valence-electron chi connectivity index (χ2n) is 4.64. The fraction of sp³-hybridized carbons (Fsp3) is 0. The smallest absolute Gasteiger partial charge is 0.287 e. The van der Waals surface area contributed by atoms with Crippen LogP contribution in [0, 0.1) is 10.1 Å². The van der Waals surface area contributed by atoms with Gasteiger partial charge in [-0.3, -0.25) is 10.1 Å². The lowest BCUT2D eigenvalue weighted by Gasteiger charge is -1.91. The molecule has 0 heterocycles. The van der Waals surface area contributed by atoms with Crippen molar-refractivity contribution >= 4 is 40.3 Å². The van der Waals surface area contributed by atoms with Crippen molar-refractivity contribution in [3.05, 3.63) is 99.0 Å². The van der Waals surface area contributed by atoms with E-state index in [1.54, 1.807) is 24.3 Å². The van der Waals surface area contributed by atoms with Crippen LogP contribution < -0.4 is 11.5 Å². The van der Waals surface area contributed by atoms with Gasteiger partial charge in [0.15, 0.2) is 0 Å². The molecule has 3 rings (SSSR count). The highest BCUT2D eigenvalue weighted by Gasteiger charge is 2.08. The first-order valence-electron chi connectivity index (χ1n) is 7.11. The number of hydrogen-bond donors (Lipinski definition) is 2. The zero-order chi connectivity index (χ0) is 18.7. The van der Waals surface area contributed by atoms with Crippen molar-refractivity contribution in [2.75, 3.05) is 11.5 Å². The zero-order valence-corrected chi connectivity index (χ0v) is 14.7. The number of rotatable bonds is 1. The molecule has 0 saturated carbocycles. The van der Waals surface area contributed by atoms with Gasteiger partial charge in [0, 0.05) is 11.8 Å². The molecule has 130 valence electrons. The molecule has 7 heteroatoms. The summed E-state index contributed by atoms with van der Waals surface area (Å²) < 4.78 is 0. The Labute approximate surface area is 155 Å². The minimum Gasteiger partial charge on any atom is -0.399 e. The maximum atomic E-state index is 10.1. The van der Waals surface area contributed by atoms with Crippen molar-refractivity contribution in [1.29, 1.82) is 0 Å². The summed E-state index contributed by atoms with van der Waals surface area (Å²) in [7, 11) is 0. The van der Waals surface area contributed by atoms with E-state index in [2.05, 4.69) is 0 Å². The first-order chi connectivity index (χ1) is 11.9. The number of halogens is 2. The summed E-state index contributed by atoms with van der Waals surface area (Å²) in [5.41, 5.74) is 12.1. The Kier molecular flexibility index (Phi) is 8.85. The molecule has 0 aromatic heterocycles. The lowest BCUT2D eigenvalue weighted by molar-refractivity contribution is -0.384. The predicted molar refractivity (Wildman–Crippen MR) is 105 cm³/mol. The van der Waals surface area contributed by atoms with Crippen molar-refractivity contribution in [2.45, 2.75) is 0 Å². The van der Waals surface area contributed by atoms with Gasteiger partial charge in [-0.15, -0.1) is 0 Å². The van der Waals surface area contributed by atoms with Crippen molar-refractivity contribution in [2.24, 2.45) is 0 Å². The van der Waals surface area contributed by atoms with Crippen LogP contribution in [0.5, 0.6) is 0 Å². The molecular weight excluding hydrogens is 361 g/mol. The zero-order valence-electron chi connectivity index (χ0n) is 13.2. The lowest BCUT2D eigenvalue weighted by Crippen LogP contribution is -1.87. The molecular formula is C18H17Cl2N3O2. The molecule has 0 unspecified atom stereocenters. The van der Waals surface area contributed by atoms with E-state index < -0.39 is 4.92 Å². The summed E-state index contributed by atoms with van der Waals surface area (Å²) in [6.45, 7) is 0. The molecule has 0 aliphatic rings. The van der Waals surface area contributed by atoms with E-state index in [4.69, 9.17) is 34.7 Å². The van der Waals surface area contributed by atoms with Crippen LogP contribution in [0.1, 0.15) is 0 Å². The van der Waals surface area contributed by atoms with Crippen molar-refractivity contribution < 1.29 is 4.92 Å². The van der Waals surface area contributed by atoms with Crippen LogP contribution in [0.4, 0.5) is 17.1 Å². The third-order valence-electron chi connectivity index (χ3n) is 2.75. The fourth-order valence-electron chi connectivity index (χ4n) is 1.53. The molecule has 0 atom stereocenters. The molecule has 0 aliphatic heterocycles. The average Bonchev–Trinajstić information content (AvgIpc) is 2.60. The Bertz CT molecular complexity index is 778. The van der Waals surface area contributed by atoms with Gasteiger partial charge in [0.25, 0.3) is 5.69 Å². The highest BCUT2D eigenvalue weighted by atomic mass is 35.5. The van der Waals surface area contributed by atoms with Gasteiger partial charge in [-0.1, -0.05) is 65.7 Å². The van der Waals surface area contributed by atoms with Crippen LogP contribution in [0.2, 0.25) is 10.0 Å². The summed E-state index contributed by atoms with van der Waals surface area (Å²) in [5.74, 6) is 0. The van der Waals surface area contributed by atoms with Crippen LogP contribution >= 0.6 is 23.2 Å². The third-order valence-corrected chi connectivity index (χ3v) is 3.42. The number of hydrogen-bond acceptors (Lipinski definition) is 4. The summed E-state index contributed by atoms with van der Waals surface area (Å²) in [6, 6.07) is 22.8. The van der Waals surface area contributed by atoms with Gasteiger partial charge in [0.05, 0.1) is 15.6 Å². The van der Waals surface area contributed by atoms with Crippen molar-refractivity contribution in [1.82, 2.24) is 0 Å². The van der Waals surface area contributed by atoms with Crippen LogP contribution in [0.15, 0.2) is 78.9 Å². The van der Waals surface area contributed by atoms with E-state index >= 15 is 0 Å². The lowest BCUT2D eigenvalue weighted by atomic mass is 10.3. The molecule has 0 fully saturated rings. The van der Waals surface area contributed by atoms with Crippen molar-refractivity contribution in [3.8, 4) is 0 Å². The third kappa shape index (κ3) is 8.06. The molecule has 0 aliphatic carbocycles. The Hall–Kier alpha value is -2.76. The maximum Gasteiger partial charge on any atom is 0.287 e. The van der Waals surface area contributed by atoms with Gasteiger partial charge in [-0.2, -0.15) is 0 Å². The fourth-order valence-corrected chi connectivity index (χ4v) is 1.87. The standard InChI is InChI=1S/C6H4ClNO2.C6H6ClN.C6H7N/c7-5-3-1-2-4-6(5)8(9)10;7-5-3-1-2-4-6(5)8;7-6-4-2-1-3-5-6/h1-4H;1-4H,8H2;1-5H,7H2. The molecule has 25 heavy (non-hydrogen) atoms. The van der Waals surface area contributed by atoms with Gasteiger partial charge >= 0.3 is 0 Å². The highest BCUT2D eigenvalue weighted by Crippen LogP contribution is 2.22. The Morgan fingerprint density at radius 1 is 0.720 bits per heavy atom. The molecule has 5 nitrogen and oxygen atoms in total. The van der Waals surface area contributed by atoms with Crippen LogP contribution in [-0.4, -0.2) is 4.92 Å². The minimum atomic E-state index is -0.512.